The molecule has 0 saturated carbocycles. The Balaban J connectivity index is 1.77. The van der Waals surface area contributed by atoms with Crippen LogP contribution in [-0.2, 0) is 11.3 Å². The van der Waals surface area contributed by atoms with Crippen molar-refractivity contribution in [3.05, 3.63) is 65.2 Å². The van der Waals surface area contributed by atoms with Crippen LogP contribution in [-0.4, -0.2) is 18.3 Å². The molecule has 0 radical (unpaired) electrons. The Labute approximate surface area is 136 Å². The Kier molecular flexibility index (Phi) is 5.92. The Hall–Kier alpha value is -2.62. The molecule has 2 aromatic carbocycles. The predicted octanol–water partition coefficient (Wildman–Crippen LogP) is 3.28. The van der Waals surface area contributed by atoms with Gasteiger partial charge in [0.05, 0.1) is 0 Å². The third-order valence-corrected chi connectivity index (χ3v) is 3.48. The molecule has 23 heavy (non-hydrogen) atoms. The van der Waals surface area contributed by atoms with Crippen molar-refractivity contribution in [2.24, 2.45) is 0 Å². The van der Waals surface area contributed by atoms with Gasteiger partial charge in [0.15, 0.2) is 12.4 Å². The zero-order valence-corrected chi connectivity index (χ0v) is 13.5. The SMILES string of the molecule is CCC(=O)c1ccc(OCC(=O)NCc2ccc(C)cc2)cc1. The van der Waals surface area contributed by atoms with Crippen molar-refractivity contribution in [1.29, 1.82) is 0 Å². The molecule has 0 fully saturated rings. The van der Waals surface area contributed by atoms with E-state index in [9.17, 15) is 9.59 Å². The highest BCUT2D eigenvalue weighted by Gasteiger charge is 2.05. The van der Waals surface area contributed by atoms with Gasteiger partial charge in [-0.15, -0.1) is 0 Å². The van der Waals surface area contributed by atoms with Crippen LogP contribution in [0.15, 0.2) is 48.5 Å². The minimum Gasteiger partial charge on any atom is -0.484 e. The van der Waals surface area contributed by atoms with Crippen molar-refractivity contribution in [1.82, 2.24) is 5.32 Å². The van der Waals surface area contributed by atoms with Gasteiger partial charge >= 0.3 is 0 Å². The molecule has 0 unspecified atom stereocenters. The van der Waals surface area contributed by atoms with Gasteiger partial charge in [-0.25, -0.2) is 0 Å². The van der Waals surface area contributed by atoms with Gasteiger partial charge in [0.1, 0.15) is 5.75 Å². The normalized spacial score (nSPS) is 10.2. The molecule has 1 N–H and O–H groups in total. The number of nitrogens with one attached hydrogen (secondary N) is 1. The van der Waals surface area contributed by atoms with Crippen LogP contribution >= 0.6 is 0 Å². The van der Waals surface area contributed by atoms with E-state index >= 15 is 0 Å². The molecule has 2 aromatic rings. The van der Waals surface area contributed by atoms with E-state index < -0.39 is 0 Å². The third-order valence-electron chi connectivity index (χ3n) is 3.48. The van der Waals surface area contributed by atoms with E-state index in [0.29, 0.717) is 24.3 Å². The first-order valence-corrected chi connectivity index (χ1v) is 7.67. The lowest BCUT2D eigenvalue weighted by Gasteiger charge is -2.08. The molecule has 0 bridgehead atoms. The summed E-state index contributed by atoms with van der Waals surface area (Å²) in [5.74, 6) is 0.481. The van der Waals surface area contributed by atoms with Crippen molar-refractivity contribution >= 4 is 11.7 Å². The summed E-state index contributed by atoms with van der Waals surface area (Å²) in [7, 11) is 0. The maximum absolute atomic E-state index is 11.8. The fourth-order valence-corrected chi connectivity index (χ4v) is 2.05. The van der Waals surface area contributed by atoms with Gasteiger partial charge in [-0.05, 0) is 36.8 Å². The second kappa shape index (κ2) is 8.13. The Morgan fingerprint density at radius 2 is 1.65 bits per heavy atom. The van der Waals surface area contributed by atoms with Crippen LogP contribution in [0.4, 0.5) is 0 Å². The number of hydrogen-bond donors (Lipinski definition) is 1. The number of ketones is 1. The monoisotopic (exact) mass is 311 g/mol. The molecule has 4 nitrogen and oxygen atoms in total. The average Bonchev–Trinajstić information content (AvgIpc) is 2.59. The van der Waals surface area contributed by atoms with Gasteiger partial charge < -0.3 is 10.1 Å². The average molecular weight is 311 g/mol. The first-order chi connectivity index (χ1) is 11.1. The van der Waals surface area contributed by atoms with E-state index in [4.69, 9.17) is 4.74 Å². The van der Waals surface area contributed by atoms with Crippen LogP contribution in [0, 0.1) is 6.92 Å². The Morgan fingerprint density at radius 1 is 1.00 bits per heavy atom. The van der Waals surface area contributed by atoms with Crippen molar-refractivity contribution in [3.8, 4) is 5.75 Å². The fourth-order valence-electron chi connectivity index (χ4n) is 2.05. The molecule has 0 aliphatic heterocycles. The van der Waals surface area contributed by atoms with Crippen LogP contribution in [0.1, 0.15) is 34.8 Å². The highest BCUT2D eigenvalue weighted by Crippen LogP contribution is 2.13. The van der Waals surface area contributed by atoms with Crippen LogP contribution in [0.25, 0.3) is 0 Å². The standard InChI is InChI=1S/C19H21NO3/c1-3-18(21)16-8-10-17(11-9-16)23-13-19(22)20-12-15-6-4-14(2)5-7-15/h4-11H,3,12-13H2,1-2H3,(H,20,22). The number of amides is 1. The Morgan fingerprint density at radius 3 is 2.26 bits per heavy atom. The minimum absolute atomic E-state index is 0.0487. The predicted molar refractivity (Wildman–Crippen MR) is 89.6 cm³/mol. The number of aryl methyl sites for hydroxylation is 1. The maximum atomic E-state index is 11.8. The first kappa shape index (κ1) is 16.7. The number of rotatable bonds is 7. The second-order valence-electron chi connectivity index (χ2n) is 5.35. The third kappa shape index (κ3) is 5.25. The van der Waals surface area contributed by atoms with Crippen LogP contribution in [0.2, 0.25) is 0 Å². The van der Waals surface area contributed by atoms with E-state index in [0.717, 1.165) is 5.56 Å². The minimum atomic E-state index is -0.181. The quantitative estimate of drug-likeness (QED) is 0.798. The summed E-state index contributed by atoms with van der Waals surface area (Å²) in [6.07, 6.45) is 0.474. The van der Waals surface area contributed by atoms with Crippen molar-refractivity contribution < 1.29 is 14.3 Å². The zero-order valence-electron chi connectivity index (χ0n) is 13.5. The van der Waals surface area contributed by atoms with Crippen LogP contribution in [0.3, 0.4) is 0 Å². The van der Waals surface area contributed by atoms with E-state index in [1.807, 2.05) is 38.1 Å². The molecular weight excluding hydrogens is 290 g/mol. The van der Waals surface area contributed by atoms with Crippen LogP contribution in [0.5, 0.6) is 5.75 Å². The molecule has 0 aromatic heterocycles. The van der Waals surface area contributed by atoms with Gasteiger partial charge in [0.25, 0.3) is 5.91 Å². The Bertz CT molecular complexity index is 660. The van der Waals surface area contributed by atoms with Crippen LogP contribution < -0.4 is 10.1 Å². The number of Topliss-reactive ketones (excluding diaryl/α,β-unsaturated/α-hetero) is 1. The molecule has 0 atom stereocenters. The lowest BCUT2D eigenvalue weighted by atomic mass is 10.1. The molecule has 0 aliphatic carbocycles. The van der Waals surface area contributed by atoms with Gasteiger partial charge in [-0.3, -0.25) is 9.59 Å². The zero-order chi connectivity index (χ0) is 16.7. The largest absolute Gasteiger partial charge is 0.484 e. The first-order valence-electron chi connectivity index (χ1n) is 7.67. The van der Waals surface area contributed by atoms with E-state index in [1.165, 1.54) is 5.56 Å². The summed E-state index contributed by atoms with van der Waals surface area (Å²) < 4.78 is 5.42. The summed E-state index contributed by atoms with van der Waals surface area (Å²) in [5.41, 5.74) is 2.89. The van der Waals surface area contributed by atoms with Gasteiger partial charge in [0.2, 0.25) is 0 Å². The molecular formula is C19H21NO3. The molecule has 2 rings (SSSR count). The van der Waals surface area contributed by atoms with E-state index in [1.54, 1.807) is 24.3 Å². The molecule has 4 heteroatoms. The maximum Gasteiger partial charge on any atom is 0.258 e. The smallest absolute Gasteiger partial charge is 0.258 e. The molecule has 120 valence electrons. The molecule has 0 heterocycles. The van der Waals surface area contributed by atoms with Gasteiger partial charge in [0, 0.05) is 18.5 Å². The summed E-state index contributed by atoms with van der Waals surface area (Å²) in [5, 5.41) is 2.81. The second-order valence-corrected chi connectivity index (χ2v) is 5.35. The van der Waals surface area contributed by atoms with E-state index in [-0.39, 0.29) is 18.3 Å². The molecule has 0 aliphatic rings. The number of hydrogen-bond acceptors (Lipinski definition) is 3. The summed E-state index contributed by atoms with van der Waals surface area (Å²) in [4.78, 5) is 23.3. The van der Waals surface area contributed by atoms with Crippen molar-refractivity contribution in [2.75, 3.05) is 6.61 Å². The lowest BCUT2D eigenvalue weighted by Crippen LogP contribution is -2.28. The molecule has 0 saturated heterocycles. The topological polar surface area (TPSA) is 55.4 Å². The number of carbonyl (C=O) groups excluding carboxylic acids is 2. The lowest BCUT2D eigenvalue weighted by molar-refractivity contribution is -0.123. The number of ether oxygens (including phenoxy) is 1. The fraction of sp³-hybridized carbons (Fsp3) is 0.263. The van der Waals surface area contributed by atoms with Gasteiger partial charge in [-0.2, -0.15) is 0 Å². The summed E-state index contributed by atoms with van der Waals surface area (Å²) in [6, 6.07) is 14.8. The molecule has 1 amide bonds. The van der Waals surface area contributed by atoms with Crippen molar-refractivity contribution in [3.63, 3.8) is 0 Å². The number of benzene rings is 2. The number of carbonyl (C=O) groups is 2. The summed E-state index contributed by atoms with van der Waals surface area (Å²) in [6.45, 7) is 4.28. The highest BCUT2D eigenvalue weighted by atomic mass is 16.5. The highest BCUT2D eigenvalue weighted by molar-refractivity contribution is 5.95. The summed E-state index contributed by atoms with van der Waals surface area (Å²) >= 11 is 0. The molecule has 0 spiro atoms. The van der Waals surface area contributed by atoms with Crippen molar-refractivity contribution in [2.45, 2.75) is 26.8 Å². The van der Waals surface area contributed by atoms with E-state index in [2.05, 4.69) is 5.32 Å². The van der Waals surface area contributed by atoms with Gasteiger partial charge in [-0.1, -0.05) is 36.8 Å².